The number of rotatable bonds is 46. The molecule has 4 heterocycles. The maximum Gasteiger partial charge on any atom is 0.270 e. The molecular weight excluding hydrogens is 1500 g/mol. The Morgan fingerprint density at radius 1 is 0.404 bits per heavy atom. The van der Waals surface area contributed by atoms with Gasteiger partial charge in [-0.3, -0.25) is 9.59 Å². The Morgan fingerprint density at radius 3 is 1.03 bits per heavy atom. The van der Waals surface area contributed by atoms with Gasteiger partial charge in [0.1, 0.15) is 11.5 Å². The van der Waals surface area contributed by atoms with Crippen molar-refractivity contribution in [2.45, 2.75) is 297 Å². The highest BCUT2D eigenvalue weighted by molar-refractivity contribution is 7.25. The first-order valence-corrected chi connectivity index (χ1v) is 46.3. The van der Waals surface area contributed by atoms with Crippen LogP contribution in [0.2, 0.25) is 0 Å². The minimum Gasteiger partial charge on any atom is -0.492 e. The van der Waals surface area contributed by atoms with Crippen molar-refractivity contribution >= 4 is 80.2 Å². The molecule has 2 unspecified atom stereocenters. The molecule has 3 aromatic carbocycles. The molecule has 0 amide bonds. The lowest BCUT2D eigenvalue weighted by molar-refractivity contribution is 0.103. The fourth-order valence-electron chi connectivity index (χ4n) is 18.1. The lowest BCUT2D eigenvalue weighted by Crippen LogP contribution is -2.27. The molecule has 0 saturated carbocycles. The third kappa shape index (κ3) is 18.9. The summed E-state index contributed by atoms with van der Waals surface area (Å²) in [5.41, 5.74) is 6.57. The number of allylic oxidation sites excluding steroid dienone is 6. The SMILES string of the molecule is [C-]#[N+]/C(C#N)=C1\C(=C\c2cc(OCC(CC)CCCC)c(-c3cc4c(s3)-c3cc5c(cc3C4(CCCCCCCC)CCCCCCCC)-c3sc(-c4sc(/C=C6\C(=O)c7cc(F)c(F)cc7\C6=C(\C#N)[N+]#[C-])cc4OCC(CC)CCCC)cc3C5(CCCCCCCC)CCCCCCCC)s2)C(=O)c2cc(F)c(F)cc21. The van der Waals surface area contributed by atoms with Gasteiger partial charge in [-0.25, -0.2) is 37.8 Å². The highest BCUT2D eigenvalue weighted by atomic mass is 32.1. The molecule has 8 nitrogen and oxygen atoms in total. The number of halogens is 4. The van der Waals surface area contributed by atoms with Crippen LogP contribution in [0.5, 0.6) is 11.5 Å². The van der Waals surface area contributed by atoms with Crippen molar-refractivity contribution in [3.8, 4) is 64.0 Å². The van der Waals surface area contributed by atoms with Crippen LogP contribution in [-0.4, -0.2) is 24.8 Å². The van der Waals surface area contributed by atoms with Crippen LogP contribution in [0.25, 0.3) is 73.4 Å². The van der Waals surface area contributed by atoms with E-state index in [0.29, 0.717) is 46.3 Å². The van der Waals surface area contributed by atoms with E-state index >= 15 is 17.6 Å². The fraction of sp³-hybridized carbons (Fsp3) is 0.510. The quantitative estimate of drug-likeness (QED) is 0.0124. The Bertz CT molecular complexity index is 4540. The smallest absolute Gasteiger partial charge is 0.270 e. The van der Waals surface area contributed by atoms with Crippen molar-refractivity contribution in [2.75, 3.05) is 13.2 Å². The predicted molar refractivity (Wildman–Crippen MR) is 466 cm³/mol. The third-order valence-electron chi connectivity index (χ3n) is 24.6. The molecule has 4 aromatic heterocycles. The average molecular weight is 1620 g/mol. The number of ether oxygens (including phenoxy) is 2. The Morgan fingerprint density at radius 2 is 0.719 bits per heavy atom. The van der Waals surface area contributed by atoms with Gasteiger partial charge >= 0.3 is 0 Å². The molecular formula is C98H114F4N4O4S4. The highest BCUT2D eigenvalue weighted by Crippen LogP contribution is 2.66. The number of nitrogens with zero attached hydrogens (tertiary/aromatic N) is 4. The first kappa shape index (κ1) is 86.9. The predicted octanol–water partition coefficient (Wildman–Crippen LogP) is 31.4. The maximum absolute atomic E-state index is 15.2. The van der Waals surface area contributed by atoms with Crippen molar-refractivity contribution in [1.29, 1.82) is 10.5 Å². The summed E-state index contributed by atoms with van der Waals surface area (Å²) in [4.78, 5) is 44.1. The molecule has 4 aliphatic rings. The zero-order chi connectivity index (χ0) is 81.1. The number of nitriles is 2. The molecule has 2 atom stereocenters. The zero-order valence-electron chi connectivity index (χ0n) is 68.5. The minimum atomic E-state index is -1.18. The Labute approximate surface area is 692 Å². The van der Waals surface area contributed by atoms with E-state index < -0.39 is 34.8 Å². The largest absolute Gasteiger partial charge is 0.492 e. The summed E-state index contributed by atoms with van der Waals surface area (Å²) >= 11 is 6.68. The van der Waals surface area contributed by atoms with E-state index in [-0.39, 0.29) is 66.8 Å². The summed E-state index contributed by atoms with van der Waals surface area (Å²) in [6, 6.07) is 21.8. The van der Waals surface area contributed by atoms with Crippen molar-refractivity contribution in [2.24, 2.45) is 11.8 Å². The summed E-state index contributed by atoms with van der Waals surface area (Å²) in [7, 11) is 0. The van der Waals surface area contributed by atoms with Crippen molar-refractivity contribution in [3.63, 3.8) is 0 Å². The molecule has 4 aliphatic carbocycles. The summed E-state index contributed by atoms with van der Waals surface area (Å²) in [5, 5.41) is 20.8. The first-order chi connectivity index (χ1) is 55.5. The van der Waals surface area contributed by atoms with Gasteiger partial charge < -0.3 is 9.47 Å². The molecule has 0 radical (unpaired) electrons. The zero-order valence-corrected chi connectivity index (χ0v) is 71.8. The molecule has 16 heteroatoms. The van der Waals surface area contributed by atoms with Crippen molar-refractivity contribution < 1.29 is 36.6 Å². The number of carbonyl (C=O) groups excluding carboxylic acids is 2. The van der Waals surface area contributed by atoms with Gasteiger partial charge in [-0.05, 0) is 168 Å². The minimum absolute atomic E-state index is 0.00329. The van der Waals surface area contributed by atoms with E-state index in [0.717, 1.165) is 198 Å². The van der Waals surface area contributed by atoms with Crippen molar-refractivity contribution in [1.82, 2.24) is 0 Å². The van der Waals surface area contributed by atoms with Crippen LogP contribution in [0.3, 0.4) is 0 Å². The van der Waals surface area contributed by atoms with Crippen molar-refractivity contribution in [3.05, 3.63) is 184 Å². The van der Waals surface area contributed by atoms with E-state index in [9.17, 15) is 20.1 Å². The normalized spacial score (nSPS) is 16.1. The number of benzene rings is 3. The molecule has 0 N–H and O–H groups in total. The lowest BCUT2D eigenvalue weighted by Gasteiger charge is -2.34. The second kappa shape index (κ2) is 41.2. The number of hydrogen-bond acceptors (Lipinski definition) is 10. The number of fused-ring (bicyclic) bond motifs is 8. The number of hydrogen-bond donors (Lipinski definition) is 0. The molecule has 0 saturated heterocycles. The van der Waals surface area contributed by atoms with Crippen LogP contribution in [0.4, 0.5) is 17.6 Å². The topological polar surface area (TPSA) is 109 Å². The molecule has 114 heavy (non-hydrogen) atoms. The van der Waals surface area contributed by atoms with E-state index in [2.05, 4.69) is 89.3 Å². The number of unbranched alkanes of at least 4 members (excludes halogenated alkanes) is 22. The molecule has 0 aliphatic heterocycles. The van der Waals surface area contributed by atoms with Gasteiger partial charge in [-0.1, -0.05) is 248 Å². The second-order valence-electron chi connectivity index (χ2n) is 32.3. The van der Waals surface area contributed by atoms with Gasteiger partial charge in [0, 0.05) is 73.5 Å². The third-order valence-corrected chi connectivity index (χ3v) is 29.4. The summed E-state index contributed by atoms with van der Waals surface area (Å²) < 4.78 is 74.8. The number of Topliss-reactive ketones (excluding diaryl/α,β-unsaturated/α-hetero) is 2. The van der Waals surface area contributed by atoms with Gasteiger partial charge in [0.2, 0.25) is 0 Å². The lowest BCUT2D eigenvalue weighted by atomic mass is 9.68. The molecule has 0 bridgehead atoms. The van der Waals surface area contributed by atoms with E-state index in [4.69, 9.17) is 22.6 Å². The van der Waals surface area contributed by atoms with Crippen LogP contribution in [0, 0.1) is 70.9 Å². The molecule has 602 valence electrons. The van der Waals surface area contributed by atoms with Crippen LogP contribution in [0.1, 0.15) is 350 Å². The van der Waals surface area contributed by atoms with E-state index in [1.54, 1.807) is 12.2 Å². The van der Waals surface area contributed by atoms with Gasteiger partial charge in [0.25, 0.3) is 11.4 Å². The van der Waals surface area contributed by atoms with Gasteiger partial charge in [-0.15, -0.1) is 45.3 Å². The highest BCUT2D eigenvalue weighted by Gasteiger charge is 2.50. The van der Waals surface area contributed by atoms with Gasteiger partial charge in [0.15, 0.2) is 34.8 Å². The summed E-state index contributed by atoms with van der Waals surface area (Å²) in [5.74, 6) is -3.91. The molecule has 7 aromatic rings. The molecule has 0 spiro atoms. The second-order valence-corrected chi connectivity index (χ2v) is 36.6. The Hall–Kier alpha value is -7.96. The Balaban J connectivity index is 1.14. The van der Waals surface area contributed by atoms with Crippen LogP contribution in [-0.2, 0) is 10.8 Å². The number of thiophene rings is 4. The maximum atomic E-state index is 15.2. The van der Waals surface area contributed by atoms with E-state index in [1.807, 2.05) is 46.9 Å². The summed E-state index contributed by atoms with van der Waals surface area (Å²) in [6.45, 7) is 35.0. The first-order valence-electron chi connectivity index (χ1n) is 43.1. The monoisotopic (exact) mass is 1610 g/mol. The number of carbonyl (C=O) groups is 2. The fourth-order valence-corrected chi connectivity index (χ4v) is 22.9. The van der Waals surface area contributed by atoms with Gasteiger partial charge in [-0.2, -0.15) is 0 Å². The molecule has 0 fully saturated rings. The van der Waals surface area contributed by atoms with Crippen LogP contribution in [0.15, 0.2) is 83.2 Å². The van der Waals surface area contributed by atoms with Crippen LogP contribution >= 0.6 is 45.3 Å². The van der Waals surface area contributed by atoms with Gasteiger partial charge in [0.05, 0.1) is 48.3 Å². The van der Waals surface area contributed by atoms with E-state index in [1.165, 1.54) is 143 Å². The standard InChI is InChI=1S/C98H114F4N4O4S4/c1-11-19-25-29-33-37-43-97(44-38-34-30-26-20-12-2)75-51-72-76(52-71(75)93-77(97)57-87(113-93)95-85(109-61-63(17-7)41-23-15-5)49-65(111-95)47-73-89(83(59-103)105-9)67-53-79(99)81(101)55-69(67)91(73)107)98(45-39-35-31-27-21-13-3,46-40-36-32-28-22-14-4)78-58-88(114-94(72)78)96-86(110-62-64(18-8)42-24-16-6)50-66(112-96)48-74-90(84(60-104)106-10)68-54-80(100)82(102)56-70(68)92(74)108/h47-58,63-64H,11-46,61-62H2,1-8H3/b73-47-,74-48-,89-83-,90-84+. The Kier molecular flexibility index (Phi) is 31.4. The van der Waals surface area contributed by atoms with Crippen LogP contribution < -0.4 is 9.47 Å². The summed E-state index contributed by atoms with van der Waals surface area (Å²) in [6.07, 6.45) is 43.1. The number of ketones is 2. The molecule has 11 rings (SSSR count). The average Bonchev–Trinajstić information content (AvgIpc) is 1.54.